The Kier molecular flexibility index (Phi) is 1.93. The van der Waals surface area contributed by atoms with Gasteiger partial charge in [0.05, 0.1) is 12.8 Å². The van der Waals surface area contributed by atoms with E-state index in [1.54, 1.807) is 7.11 Å². The van der Waals surface area contributed by atoms with E-state index in [1.807, 2.05) is 11.7 Å². The quantitative estimate of drug-likeness (QED) is 0.731. The number of fused-ring (bicyclic) bond motifs is 3. The molecule has 3 rings (SSSR count). The summed E-state index contributed by atoms with van der Waals surface area (Å²) in [5.74, 6) is 0.781. The number of hydrogen-bond acceptors (Lipinski definition) is 3. The van der Waals surface area contributed by atoms with Crippen molar-refractivity contribution in [1.29, 1.82) is 0 Å². The van der Waals surface area contributed by atoms with E-state index < -0.39 is 0 Å². The van der Waals surface area contributed by atoms with Crippen LogP contribution in [0.2, 0.25) is 0 Å². The van der Waals surface area contributed by atoms with E-state index in [4.69, 9.17) is 4.74 Å². The summed E-state index contributed by atoms with van der Waals surface area (Å²) in [7, 11) is 3.62. The third kappa shape index (κ3) is 1.10. The molecule has 16 heavy (non-hydrogen) atoms. The van der Waals surface area contributed by atoms with Crippen LogP contribution >= 0.6 is 0 Å². The smallest absolute Gasteiger partial charge is 0.218 e. The minimum atomic E-state index is 0.781. The summed E-state index contributed by atoms with van der Waals surface area (Å²) < 4.78 is 7.22. The van der Waals surface area contributed by atoms with Gasteiger partial charge in [-0.1, -0.05) is 0 Å². The Morgan fingerprint density at radius 3 is 2.75 bits per heavy atom. The number of methoxy groups -OCH3 is 1. The predicted octanol–water partition coefficient (Wildman–Crippen LogP) is 1.77. The van der Waals surface area contributed by atoms with Crippen LogP contribution in [0.25, 0.3) is 11.0 Å². The summed E-state index contributed by atoms with van der Waals surface area (Å²) in [6.07, 6.45) is 3.40. The Bertz CT molecular complexity index is 571. The molecule has 0 aliphatic heterocycles. The van der Waals surface area contributed by atoms with Crippen molar-refractivity contribution in [2.24, 2.45) is 7.05 Å². The van der Waals surface area contributed by atoms with Crippen LogP contribution in [0, 0.1) is 6.92 Å². The second-order valence-electron chi connectivity index (χ2n) is 4.34. The molecule has 0 bridgehead atoms. The highest BCUT2D eigenvalue weighted by atomic mass is 16.5. The fourth-order valence-electron chi connectivity index (χ4n) is 2.72. The zero-order valence-corrected chi connectivity index (χ0v) is 9.87. The number of ether oxygens (including phenoxy) is 1. The molecule has 4 nitrogen and oxygen atoms in total. The molecule has 0 fully saturated rings. The third-order valence-corrected chi connectivity index (χ3v) is 3.37. The van der Waals surface area contributed by atoms with E-state index in [1.165, 1.54) is 22.9 Å². The molecule has 0 N–H and O–H groups in total. The van der Waals surface area contributed by atoms with Crippen molar-refractivity contribution in [3.63, 3.8) is 0 Å². The monoisotopic (exact) mass is 217 g/mol. The number of hydrogen-bond donors (Lipinski definition) is 0. The van der Waals surface area contributed by atoms with E-state index in [9.17, 15) is 0 Å². The first-order valence-electron chi connectivity index (χ1n) is 5.61. The van der Waals surface area contributed by atoms with Gasteiger partial charge in [-0.3, -0.25) is 4.68 Å². The molecule has 1 aliphatic carbocycles. The molecule has 2 aromatic heterocycles. The normalized spacial score (nSPS) is 14.4. The first-order chi connectivity index (χ1) is 7.72. The van der Waals surface area contributed by atoms with Gasteiger partial charge in [0.1, 0.15) is 0 Å². The zero-order chi connectivity index (χ0) is 11.3. The van der Waals surface area contributed by atoms with E-state index in [2.05, 4.69) is 17.0 Å². The van der Waals surface area contributed by atoms with Gasteiger partial charge in [-0.05, 0) is 31.7 Å². The van der Waals surface area contributed by atoms with Crippen molar-refractivity contribution in [2.75, 3.05) is 7.11 Å². The Labute approximate surface area is 94.2 Å². The number of rotatable bonds is 1. The minimum absolute atomic E-state index is 0.781. The average molecular weight is 217 g/mol. The Balaban J connectivity index is 2.45. The van der Waals surface area contributed by atoms with Crippen LogP contribution in [0.5, 0.6) is 5.88 Å². The first-order valence-corrected chi connectivity index (χ1v) is 5.61. The molecule has 0 aromatic carbocycles. The van der Waals surface area contributed by atoms with E-state index in [0.717, 1.165) is 30.1 Å². The molecule has 0 saturated carbocycles. The summed E-state index contributed by atoms with van der Waals surface area (Å²) in [4.78, 5) is 4.56. The second kappa shape index (κ2) is 3.20. The Morgan fingerprint density at radius 1 is 1.25 bits per heavy atom. The van der Waals surface area contributed by atoms with Crippen molar-refractivity contribution in [3.05, 3.63) is 16.8 Å². The molecule has 2 heterocycles. The van der Waals surface area contributed by atoms with Gasteiger partial charge in [0.15, 0.2) is 5.65 Å². The molecule has 0 atom stereocenters. The number of aromatic nitrogens is 3. The summed E-state index contributed by atoms with van der Waals surface area (Å²) >= 11 is 0. The summed E-state index contributed by atoms with van der Waals surface area (Å²) in [6, 6.07) is 0. The lowest BCUT2D eigenvalue weighted by Crippen LogP contribution is -1.98. The van der Waals surface area contributed by atoms with Crippen LogP contribution in [0.4, 0.5) is 0 Å². The first kappa shape index (κ1) is 9.63. The largest absolute Gasteiger partial charge is 0.481 e. The Morgan fingerprint density at radius 2 is 2.00 bits per heavy atom. The molecule has 0 saturated heterocycles. The zero-order valence-electron chi connectivity index (χ0n) is 9.87. The van der Waals surface area contributed by atoms with Crippen molar-refractivity contribution < 1.29 is 4.74 Å². The van der Waals surface area contributed by atoms with Crippen LogP contribution in [-0.4, -0.2) is 21.9 Å². The summed E-state index contributed by atoms with van der Waals surface area (Å²) in [5.41, 5.74) is 4.69. The SMILES string of the molecule is COc1nc2c(c(C)nn2C)c2c1CCC2. The van der Waals surface area contributed by atoms with Gasteiger partial charge in [-0.15, -0.1) is 0 Å². The maximum atomic E-state index is 5.38. The molecule has 0 radical (unpaired) electrons. The van der Waals surface area contributed by atoms with E-state index in [0.29, 0.717) is 0 Å². The van der Waals surface area contributed by atoms with Gasteiger partial charge in [-0.2, -0.15) is 10.1 Å². The molecular weight excluding hydrogens is 202 g/mol. The standard InChI is InChI=1S/C12H15N3O/c1-7-10-8-5-4-6-9(8)12(16-3)13-11(10)15(2)14-7/h4-6H2,1-3H3. The topological polar surface area (TPSA) is 39.9 Å². The number of aryl methyl sites for hydroxylation is 3. The highest BCUT2D eigenvalue weighted by molar-refractivity contribution is 5.85. The van der Waals surface area contributed by atoms with Gasteiger partial charge < -0.3 is 4.74 Å². The lowest BCUT2D eigenvalue weighted by atomic mass is 10.1. The molecule has 0 unspecified atom stereocenters. The summed E-state index contributed by atoms with van der Waals surface area (Å²) in [6.45, 7) is 2.05. The van der Waals surface area contributed by atoms with Crippen molar-refractivity contribution in [2.45, 2.75) is 26.2 Å². The van der Waals surface area contributed by atoms with E-state index >= 15 is 0 Å². The van der Waals surface area contributed by atoms with Gasteiger partial charge in [0.2, 0.25) is 5.88 Å². The van der Waals surface area contributed by atoms with Crippen molar-refractivity contribution in [1.82, 2.24) is 14.8 Å². The average Bonchev–Trinajstić information content (AvgIpc) is 2.83. The maximum Gasteiger partial charge on any atom is 0.218 e. The second-order valence-corrected chi connectivity index (χ2v) is 4.34. The minimum Gasteiger partial charge on any atom is -0.481 e. The highest BCUT2D eigenvalue weighted by Gasteiger charge is 2.23. The predicted molar refractivity (Wildman–Crippen MR) is 61.8 cm³/mol. The van der Waals surface area contributed by atoms with Crippen LogP contribution in [-0.2, 0) is 19.9 Å². The van der Waals surface area contributed by atoms with Crippen LogP contribution in [0.1, 0.15) is 23.2 Å². The van der Waals surface area contributed by atoms with E-state index in [-0.39, 0.29) is 0 Å². The maximum absolute atomic E-state index is 5.38. The van der Waals surface area contributed by atoms with Gasteiger partial charge in [0.25, 0.3) is 0 Å². The van der Waals surface area contributed by atoms with Crippen molar-refractivity contribution in [3.8, 4) is 5.88 Å². The molecule has 0 amide bonds. The molecule has 0 spiro atoms. The van der Waals surface area contributed by atoms with Crippen molar-refractivity contribution >= 4 is 11.0 Å². The molecular formula is C12H15N3O. The number of nitrogens with zero attached hydrogens (tertiary/aromatic N) is 3. The summed E-state index contributed by atoms with van der Waals surface area (Å²) in [5, 5.41) is 5.67. The molecule has 4 heteroatoms. The molecule has 1 aliphatic rings. The molecule has 84 valence electrons. The van der Waals surface area contributed by atoms with Crippen LogP contribution in [0.15, 0.2) is 0 Å². The molecule has 2 aromatic rings. The Hall–Kier alpha value is -1.58. The van der Waals surface area contributed by atoms with Gasteiger partial charge >= 0.3 is 0 Å². The third-order valence-electron chi connectivity index (χ3n) is 3.37. The van der Waals surface area contributed by atoms with Gasteiger partial charge in [-0.25, -0.2) is 0 Å². The van der Waals surface area contributed by atoms with Gasteiger partial charge in [0, 0.05) is 18.0 Å². The lowest BCUT2D eigenvalue weighted by molar-refractivity contribution is 0.394. The van der Waals surface area contributed by atoms with Crippen LogP contribution < -0.4 is 4.74 Å². The fraction of sp³-hybridized carbons (Fsp3) is 0.500. The lowest BCUT2D eigenvalue weighted by Gasteiger charge is -2.07. The van der Waals surface area contributed by atoms with Crippen LogP contribution in [0.3, 0.4) is 0 Å². The number of pyridine rings is 1. The fourth-order valence-corrected chi connectivity index (χ4v) is 2.72. The highest BCUT2D eigenvalue weighted by Crippen LogP contribution is 2.35.